The van der Waals surface area contributed by atoms with Crippen LogP contribution in [0.1, 0.15) is 6.92 Å². The molecule has 0 fully saturated rings. The minimum atomic E-state index is 0.808. The Labute approximate surface area is 107 Å². The summed E-state index contributed by atoms with van der Waals surface area (Å²) in [4.78, 5) is 0. The van der Waals surface area contributed by atoms with Gasteiger partial charge in [-0.1, -0.05) is 0 Å². The van der Waals surface area contributed by atoms with Crippen molar-refractivity contribution in [1.29, 1.82) is 0 Å². The lowest BCUT2D eigenvalue weighted by Gasteiger charge is -1.98. The van der Waals surface area contributed by atoms with E-state index in [1.165, 1.54) is 0 Å². The van der Waals surface area contributed by atoms with Gasteiger partial charge in [0.25, 0.3) is 0 Å². The summed E-state index contributed by atoms with van der Waals surface area (Å²) < 4.78 is 7.16. The third kappa shape index (κ3) is 3.13. The van der Waals surface area contributed by atoms with E-state index in [2.05, 4.69) is 21.7 Å². The van der Waals surface area contributed by atoms with Gasteiger partial charge in [-0.3, -0.25) is 0 Å². The van der Waals surface area contributed by atoms with E-state index in [9.17, 15) is 0 Å². The van der Waals surface area contributed by atoms with Crippen LogP contribution in [0, 0.1) is 0 Å². The SMILES string of the molecule is CC[n+]1ccc(N=Nc2ccc(OC)cc2)cc1. The lowest BCUT2D eigenvalue weighted by atomic mass is 10.3. The number of methoxy groups -OCH3 is 1. The molecular formula is C14H16N3O+. The van der Waals surface area contributed by atoms with Crippen LogP contribution >= 0.6 is 0 Å². The van der Waals surface area contributed by atoms with Crippen LogP contribution in [0.4, 0.5) is 11.4 Å². The standard InChI is InChI=1S/C14H16N3O/c1-3-17-10-8-13(9-11-17)16-15-12-4-6-14(18-2)7-5-12/h4-11H,3H2,1-2H3/q+1. The van der Waals surface area contributed by atoms with Crippen molar-refractivity contribution < 1.29 is 9.30 Å². The number of aryl methyl sites for hydroxylation is 1. The van der Waals surface area contributed by atoms with Gasteiger partial charge in [0.15, 0.2) is 12.4 Å². The third-order valence-electron chi connectivity index (χ3n) is 2.59. The number of ether oxygens (including phenoxy) is 1. The zero-order valence-electron chi connectivity index (χ0n) is 10.6. The highest BCUT2D eigenvalue weighted by Crippen LogP contribution is 2.20. The maximum Gasteiger partial charge on any atom is 0.170 e. The molecule has 18 heavy (non-hydrogen) atoms. The number of aromatic nitrogens is 1. The van der Waals surface area contributed by atoms with E-state index in [4.69, 9.17) is 4.74 Å². The van der Waals surface area contributed by atoms with Gasteiger partial charge in [-0.25, -0.2) is 4.57 Å². The summed E-state index contributed by atoms with van der Waals surface area (Å²) >= 11 is 0. The summed E-state index contributed by atoms with van der Waals surface area (Å²) in [5.41, 5.74) is 1.65. The first-order chi connectivity index (χ1) is 8.81. The molecule has 0 radical (unpaired) electrons. The fourth-order valence-electron chi connectivity index (χ4n) is 1.49. The van der Waals surface area contributed by atoms with Gasteiger partial charge in [-0.15, -0.1) is 0 Å². The van der Waals surface area contributed by atoms with Gasteiger partial charge in [0.05, 0.1) is 18.5 Å². The summed E-state index contributed by atoms with van der Waals surface area (Å²) in [6, 6.07) is 11.4. The van der Waals surface area contributed by atoms with Gasteiger partial charge >= 0.3 is 0 Å². The summed E-state index contributed by atoms with van der Waals surface area (Å²) in [7, 11) is 1.64. The average Bonchev–Trinajstić information content (AvgIpc) is 2.46. The predicted octanol–water partition coefficient (Wildman–Crippen LogP) is 3.42. The Morgan fingerprint density at radius 1 is 0.944 bits per heavy atom. The zero-order valence-corrected chi connectivity index (χ0v) is 10.6. The zero-order chi connectivity index (χ0) is 12.8. The second-order valence-corrected chi connectivity index (χ2v) is 3.78. The highest BCUT2D eigenvalue weighted by molar-refractivity contribution is 5.41. The van der Waals surface area contributed by atoms with Crippen molar-refractivity contribution in [3.05, 3.63) is 48.8 Å². The van der Waals surface area contributed by atoms with Crippen molar-refractivity contribution in [1.82, 2.24) is 0 Å². The molecule has 0 atom stereocenters. The van der Waals surface area contributed by atoms with E-state index in [1.54, 1.807) is 7.11 Å². The van der Waals surface area contributed by atoms with Gasteiger partial charge in [-0.05, 0) is 31.2 Å². The van der Waals surface area contributed by atoms with Gasteiger partial charge < -0.3 is 4.74 Å². The van der Waals surface area contributed by atoms with Crippen LogP contribution in [0.3, 0.4) is 0 Å². The molecule has 0 spiro atoms. The van der Waals surface area contributed by atoms with Crippen LogP contribution in [-0.2, 0) is 6.54 Å². The monoisotopic (exact) mass is 242 g/mol. The van der Waals surface area contributed by atoms with E-state index >= 15 is 0 Å². The van der Waals surface area contributed by atoms with Crippen LogP contribution in [0.25, 0.3) is 0 Å². The molecule has 4 nitrogen and oxygen atoms in total. The first-order valence-corrected chi connectivity index (χ1v) is 5.86. The molecule has 0 N–H and O–H groups in total. The summed E-state index contributed by atoms with van der Waals surface area (Å²) in [6.07, 6.45) is 3.98. The molecule has 0 saturated carbocycles. The highest BCUT2D eigenvalue weighted by atomic mass is 16.5. The average molecular weight is 242 g/mol. The number of benzene rings is 1. The Bertz CT molecular complexity index is 468. The second-order valence-electron chi connectivity index (χ2n) is 3.78. The van der Waals surface area contributed by atoms with Gasteiger partial charge in [0.2, 0.25) is 0 Å². The number of nitrogens with zero attached hydrogens (tertiary/aromatic N) is 3. The van der Waals surface area contributed by atoms with Crippen molar-refractivity contribution in [3.8, 4) is 5.75 Å². The first-order valence-electron chi connectivity index (χ1n) is 5.86. The Balaban J connectivity index is 2.08. The minimum absolute atomic E-state index is 0.808. The number of hydrogen-bond acceptors (Lipinski definition) is 3. The molecule has 1 aromatic carbocycles. The van der Waals surface area contributed by atoms with Crippen LogP contribution < -0.4 is 9.30 Å². The van der Waals surface area contributed by atoms with E-state index in [1.807, 2.05) is 48.8 Å². The number of azo groups is 1. The molecule has 0 unspecified atom stereocenters. The molecule has 2 aromatic rings. The third-order valence-corrected chi connectivity index (χ3v) is 2.59. The Hall–Kier alpha value is -2.23. The lowest BCUT2D eigenvalue weighted by Crippen LogP contribution is -2.30. The van der Waals surface area contributed by atoms with Crippen molar-refractivity contribution in [3.63, 3.8) is 0 Å². The van der Waals surface area contributed by atoms with Crippen molar-refractivity contribution >= 4 is 11.4 Å². The summed E-state index contributed by atoms with van der Waals surface area (Å²) in [5.74, 6) is 0.817. The van der Waals surface area contributed by atoms with Crippen molar-refractivity contribution in [2.24, 2.45) is 10.2 Å². The molecule has 1 aromatic heterocycles. The quantitative estimate of drug-likeness (QED) is 0.598. The van der Waals surface area contributed by atoms with E-state index in [0.717, 1.165) is 23.7 Å². The normalized spacial score (nSPS) is 10.8. The first kappa shape index (κ1) is 12.2. The van der Waals surface area contributed by atoms with Gasteiger partial charge in [0.1, 0.15) is 12.3 Å². The molecule has 4 heteroatoms. The Morgan fingerprint density at radius 3 is 2.00 bits per heavy atom. The van der Waals surface area contributed by atoms with Crippen molar-refractivity contribution in [2.45, 2.75) is 13.5 Å². The second kappa shape index (κ2) is 5.91. The van der Waals surface area contributed by atoms with E-state index < -0.39 is 0 Å². The molecule has 1 heterocycles. The lowest BCUT2D eigenvalue weighted by molar-refractivity contribution is -0.693. The topological polar surface area (TPSA) is 37.8 Å². The van der Waals surface area contributed by atoms with Crippen molar-refractivity contribution in [2.75, 3.05) is 7.11 Å². The molecule has 0 aliphatic carbocycles. The summed E-state index contributed by atoms with van der Waals surface area (Å²) in [6.45, 7) is 3.05. The molecule has 2 rings (SSSR count). The number of rotatable bonds is 4. The number of pyridine rings is 1. The van der Waals surface area contributed by atoms with E-state index in [-0.39, 0.29) is 0 Å². The molecule has 0 amide bonds. The minimum Gasteiger partial charge on any atom is -0.497 e. The molecule has 92 valence electrons. The fourth-order valence-corrected chi connectivity index (χ4v) is 1.49. The van der Waals surface area contributed by atoms with Crippen LogP contribution in [0.15, 0.2) is 59.0 Å². The van der Waals surface area contributed by atoms with Gasteiger partial charge in [-0.2, -0.15) is 10.2 Å². The Morgan fingerprint density at radius 2 is 1.50 bits per heavy atom. The largest absolute Gasteiger partial charge is 0.497 e. The molecule has 0 bridgehead atoms. The molecule has 0 saturated heterocycles. The van der Waals surface area contributed by atoms with Crippen LogP contribution in [0.5, 0.6) is 5.75 Å². The van der Waals surface area contributed by atoms with E-state index in [0.29, 0.717) is 0 Å². The Kier molecular flexibility index (Phi) is 4.02. The maximum absolute atomic E-state index is 5.08. The van der Waals surface area contributed by atoms with Gasteiger partial charge in [0, 0.05) is 12.1 Å². The molecule has 0 aliphatic heterocycles. The molecule has 0 aliphatic rings. The molecular weight excluding hydrogens is 226 g/mol. The number of hydrogen-bond donors (Lipinski definition) is 0. The smallest absolute Gasteiger partial charge is 0.170 e. The van der Waals surface area contributed by atoms with Crippen LogP contribution in [0.2, 0.25) is 0 Å². The van der Waals surface area contributed by atoms with Crippen LogP contribution in [-0.4, -0.2) is 7.11 Å². The fraction of sp³-hybridized carbons (Fsp3) is 0.214. The summed E-state index contributed by atoms with van der Waals surface area (Å²) in [5, 5.41) is 8.35. The predicted molar refractivity (Wildman–Crippen MR) is 69.5 cm³/mol. The maximum atomic E-state index is 5.08. The highest BCUT2D eigenvalue weighted by Gasteiger charge is 1.96.